The molecule has 2 aromatic carbocycles. The molecule has 1 atom stereocenters. The Kier molecular flexibility index (Phi) is 5.43. The average Bonchev–Trinajstić information content (AvgIpc) is 2.53. The van der Waals surface area contributed by atoms with Crippen molar-refractivity contribution in [1.29, 1.82) is 0 Å². The van der Waals surface area contributed by atoms with E-state index in [1.165, 1.54) is 4.90 Å². The number of benzene rings is 2. The minimum Gasteiger partial charge on any atom is -0.493 e. The van der Waals surface area contributed by atoms with E-state index in [2.05, 4.69) is 18.4 Å². The van der Waals surface area contributed by atoms with Crippen molar-refractivity contribution in [3.63, 3.8) is 0 Å². The number of halogens is 1. The summed E-state index contributed by atoms with van der Waals surface area (Å²) in [5, 5.41) is -0.214. The van der Waals surface area contributed by atoms with Crippen molar-refractivity contribution in [2.45, 2.75) is 17.2 Å². The van der Waals surface area contributed by atoms with E-state index in [1.54, 1.807) is 26.0 Å². The van der Waals surface area contributed by atoms with Crippen molar-refractivity contribution >= 4 is 23.4 Å². The fourth-order valence-electron chi connectivity index (χ4n) is 2.31. The SMILES string of the molecule is COc1cc(C)c(C(Cl)c2ccccc2SC)cc1OC. The van der Waals surface area contributed by atoms with Crippen LogP contribution in [0.15, 0.2) is 41.3 Å². The van der Waals surface area contributed by atoms with Gasteiger partial charge in [0.2, 0.25) is 0 Å². The van der Waals surface area contributed by atoms with E-state index < -0.39 is 0 Å². The van der Waals surface area contributed by atoms with E-state index >= 15 is 0 Å². The maximum atomic E-state index is 6.74. The Hall–Kier alpha value is -1.32. The van der Waals surface area contributed by atoms with Gasteiger partial charge in [0.1, 0.15) is 0 Å². The molecule has 0 aromatic heterocycles. The first-order chi connectivity index (χ1) is 10.1. The van der Waals surface area contributed by atoms with Crippen LogP contribution in [0.4, 0.5) is 0 Å². The molecule has 2 rings (SSSR count). The van der Waals surface area contributed by atoms with Gasteiger partial charge in [-0.15, -0.1) is 23.4 Å². The average molecular weight is 323 g/mol. The number of ether oxygens (including phenoxy) is 2. The molecule has 112 valence electrons. The minimum atomic E-state index is -0.214. The summed E-state index contributed by atoms with van der Waals surface area (Å²) in [5.74, 6) is 1.42. The van der Waals surface area contributed by atoms with E-state index in [0.717, 1.165) is 22.4 Å². The van der Waals surface area contributed by atoms with Gasteiger partial charge in [-0.25, -0.2) is 0 Å². The van der Waals surface area contributed by atoms with Crippen molar-refractivity contribution in [2.75, 3.05) is 20.5 Å². The molecule has 2 nitrogen and oxygen atoms in total. The quantitative estimate of drug-likeness (QED) is 0.566. The number of methoxy groups -OCH3 is 2. The van der Waals surface area contributed by atoms with Gasteiger partial charge in [-0.2, -0.15) is 0 Å². The van der Waals surface area contributed by atoms with Crippen molar-refractivity contribution in [2.24, 2.45) is 0 Å². The standard InChI is InChI=1S/C17H19ClO2S/c1-11-9-14(19-2)15(20-3)10-13(11)17(18)12-7-5-6-8-16(12)21-4/h5-10,17H,1-4H3. The molecule has 0 aliphatic heterocycles. The predicted molar refractivity (Wildman–Crippen MR) is 90.2 cm³/mol. The van der Waals surface area contributed by atoms with Gasteiger partial charge < -0.3 is 9.47 Å². The van der Waals surface area contributed by atoms with Crippen LogP contribution in [0, 0.1) is 6.92 Å². The van der Waals surface area contributed by atoms with Crippen LogP contribution in [0.25, 0.3) is 0 Å². The van der Waals surface area contributed by atoms with Gasteiger partial charge in [-0.3, -0.25) is 0 Å². The number of hydrogen-bond donors (Lipinski definition) is 0. The van der Waals surface area contributed by atoms with Gasteiger partial charge >= 0.3 is 0 Å². The highest BCUT2D eigenvalue weighted by atomic mass is 35.5. The number of rotatable bonds is 5. The van der Waals surface area contributed by atoms with Crippen LogP contribution in [-0.4, -0.2) is 20.5 Å². The molecule has 0 radical (unpaired) electrons. The summed E-state index contributed by atoms with van der Waals surface area (Å²) in [4.78, 5) is 1.19. The molecule has 0 amide bonds. The zero-order chi connectivity index (χ0) is 15.4. The fourth-order valence-corrected chi connectivity index (χ4v) is 3.44. The van der Waals surface area contributed by atoms with Crippen LogP contribution in [0.1, 0.15) is 22.1 Å². The lowest BCUT2D eigenvalue weighted by Crippen LogP contribution is -2.01. The third kappa shape index (κ3) is 3.30. The summed E-state index contributed by atoms with van der Waals surface area (Å²) in [5.41, 5.74) is 3.24. The van der Waals surface area contributed by atoms with Crippen LogP contribution in [0.2, 0.25) is 0 Å². The van der Waals surface area contributed by atoms with Gasteiger partial charge in [0.15, 0.2) is 11.5 Å². The highest BCUT2D eigenvalue weighted by molar-refractivity contribution is 7.98. The van der Waals surface area contributed by atoms with Gasteiger partial charge in [-0.1, -0.05) is 18.2 Å². The van der Waals surface area contributed by atoms with Crippen LogP contribution in [0.3, 0.4) is 0 Å². The Bertz CT molecular complexity index is 628. The Labute approximate surface area is 135 Å². The molecule has 2 aromatic rings. The lowest BCUT2D eigenvalue weighted by molar-refractivity contribution is 0.354. The van der Waals surface area contributed by atoms with Crippen molar-refractivity contribution in [3.8, 4) is 11.5 Å². The largest absolute Gasteiger partial charge is 0.493 e. The Morgan fingerprint density at radius 1 is 1.00 bits per heavy atom. The molecule has 0 bridgehead atoms. The molecule has 0 fully saturated rings. The molecular weight excluding hydrogens is 304 g/mol. The molecule has 0 saturated heterocycles. The molecule has 0 heterocycles. The first kappa shape index (κ1) is 16.1. The number of alkyl halides is 1. The van der Waals surface area contributed by atoms with Gasteiger partial charge in [0.25, 0.3) is 0 Å². The predicted octanol–water partition coefficient (Wildman–Crippen LogP) is 5.06. The maximum Gasteiger partial charge on any atom is 0.161 e. The lowest BCUT2D eigenvalue weighted by Gasteiger charge is -2.18. The van der Waals surface area contributed by atoms with E-state index in [4.69, 9.17) is 21.1 Å². The maximum absolute atomic E-state index is 6.74. The monoisotopic (exact) mass is 322 g/mol. The van der Waals surface area contributed by atoms with Crippen LogP contribution < -0.4 is 9.47 Å². The lowest BCUT2D eigenvalue weighted by atomic mass is 9.99. The zero-order valence-corrected chi connectivity index (χ0v) is 14.2. The fraction of sp³-hybridized carbons (Fsp3) is 0.294. The first-order valence-electron chi connectivity index (χ1n) is 6.61. The summed E-state index contributed by atoms with van der Waals surface area (Å²) < 4.78 is 10.7. The molecular formula is C17H19ClO2S. The number of hydrogen-bond acceptors (Lipinski definition) is 3. The van der Waals surface area contributed by atoms with Crippen molar-refractivity contribution < 1.29 is 9.47 Å². The minimum absolute atomic E-state index is 0.214. The Balaban J connectivity index is 2.50. The Morgan fingerprint density at radius 2 is 1.62 bits per heavy atom. The summed E-state index contributed by atoms with van der Waals surface area (Å²) in [6.07, 6.45) is 2.06. The molecule has 21 heavy (non-hydrogen) atoms. The van der Waals surface area contributed by atoms with E-state index in [-0.39, 0.29) is 5.38 Å². The number of thioether (sulfide) groups is 1. The van der Waals surface area contributed by atoms with Crippen LogP contribution in [-0.2, 0) is 0 Å². The first-order valence-corrected chi connectivity index (χ1v) is 8.28. The summed E-state index contributed by atoms with van der Waals surface area (Å²) in [6.45, 7) is 2.04. The third-order valence-electron chi connectivity index (χ3n) is 3.46. The second-order valence-electron chi connectivity index (χ2n) is 4.67. The van der Waals surface area contributed by atoms with Crippen LogP contribution in [0.5, 0.6) is 11.5 Å². The smallest absolute Gasteiger partial charge is 0.161 e. The van der Waals surface area contributed by atoms with E-state index in [9.17, 15) is 0 Å². The topological polar surface area (TPSA) is 18.5 Å². The molecule has 0 N–H and O–H groups in total. The molecule has 0 aliphatic carbocycles. The van der Waals surface area contributed by atoms with E-state index in [0.29, 0.717) is 5.75 Å². The Morgan fingerprint density at radius 3 is 2.24 bits per heavy atom. The second-order valence-corrected chi connectivity index (χ2v) is 5.95. The van der Waals surface area contributed by atoms with Crippen LogP contribution >= 0.6 is 23.4 Å². The van der Waals surface area contributed by atoms with Crippen molar-refractivity contribution in [1.82, 2.24) is 0 Å². The molecule has 0 aliphatic rings. The molecule has 0 spiro atoms. The molecule has 4 heteroatoms. The van der Waals surface area contributed by atoms with Gasteiger partial charge in [0, 0.05) is 4.90 Å². The van der Waals surface area contributed by atoms with Crippen molar-refractivity contribution in [3.05, 3.63) is 53.1 Å². The second kappa shape index (κ2) is 7.10. The van der Waals surface area contributed by atoms with E-state index in [1.807, 2.05) is 31.2 Å². The third-order valence-corrected chi connectivity index (χ3v) is 4.74. The molecule has 1 unspecified atom stereocenters. The summed E-state index contributed by atoms with van der Waals surface area (Å²) >= 11 is 8.44. The van der Waals surface area contributed by atoms with Gasteiger partial charge in [0.05, 0.1) is 19.6 Å². The highest BCUT2D eigenvalue weighted by Gasteiger charge is 2.19. The normalized spacial score (nSPS) is 12.0. The summed E-state index contributed by atoms with van der Waals surface area (Å²) in [7, 11) is 3.27. The highest BCUT2D eigenvalue weighted by Crippen LogP contribution is 2.40. The zero-order valence-electron chi connectivity index (χ0n) is 12.6. The number of aryl methyl sites for hydroxylation is 1. The molecule has 0 saturated carbocycles. The van der Waals surface area contributed by atoms with Gasteiger partial charge in [-0.05, 0) is 48.1 Å². The summed E-state index contributed by atoms with van der Waals surface area (Å²) in [6, 6.07) is 12.1.